The van der Waals surface area contributed by atoms with E-state index in [-0.39, 0.29) is 5.95 Å². The molecule has 0 aliphatic rings. The first-order valence-corrected chi connectivity index (χ1v) is 9.18. The molecule has 0 radical (unpaired) electrons. The van der Waals surface area contributed by atoms with E-state index in [0.717, 1.165) is 16.3 Å². The molecule has 4 rings (SSSR count). The number of fused-ring (bicyclic) bond motifs is 2. The molecule has 0 spiro atoms. The van der Waals surface area contributed by atoms with Gasteiger partial charge in [-0.1, -0.05) is 30.3 Å². The topological polar surface area (TPSA) is 91.2 Å². The van der Waals surface area contributed by atoms with Gasteiger partial charge in [0.15, 0.2) is 5.65 Å². The Balaban J connectivity index is 1.80. The van der Waals surface area contributed by atoms with Crippen molar-refractivity contribution in [3.63, 3.8) is 0 Å². The second-order valence-corrected chi connectivity index (χ2v) is 6.49. The van der Waals surface area contributed by atoms with Crippen LogP contribution in [0.15, 0.2) is 42.6 Å². The highest BCUT2D eigenvalue weighted by molar-refractivity contribution is 6.05. The third-order valence-corrected chi connectivity index (χ3v) is 4.47. The lowest BCUT2D eigenvalue weighted by atomic mass is 10.00. The number of alkyl halides is 3. The van der Waals surface area contributed by atoms with Gasteiger partial charge in [-0.2, -0.15) is 28.7 Å². The van der Waals surface area contributed by atoms with Crippen LogP contribution in [0.5, 0.6) is 5.75 Å². The van der Waals surface area contributed by atoms with Gasteiger partial charge in [0.2, 0.25) is 0 Å². The van der Waals surface area contributed by atoms with Gasteiger partial charge in [-0.15, -0.1) is 0 Å². The highest BCUT2D eigenvalue weighted by atomic mass is 19.4. The van der Waals surface area contributed by atoms with Crippen LogP contribution in [0.1, 0.15) is 6.92 Å². The lowest BCUT2D eigenvalue weighted by molar-refractivity contribution is -0.196. The van der Waals surface area contributed by atoms with Crippen molar-refractivity contribution in [2.24, 2.45) is 7.05 Å². The van der Waals surface area contributed by atoms with E-state index < -0.39 is 12.1 Å². The Morgan fingerprint density at radius 1 is 1.16 bits per heavy atom. The van der Waals surface area contributed by atoms with Crippen LogP contribution in [-0.4, -0.2) is 38.5 Å². The normalized spacial score (nSPS) is 11.6. The van der Waals surface area contributed by atoms with Gasteiger partial charge in [-0.3, -0.25) is 0 Å². The van der Waals surface area contributed by atoms with E-state index >= 15 is 0 Å². The molecule has 1 N–H and O–H groups in total. The predicted molar refractivity (Wildman–Crippen MR) is 106 cm³/mol. The first-order valence-electron chi connectivity index (χ1n) is 9.18. The van der Waals surface area contributed by atoms with Crippen LogP contribution < -0.4 is 10.2 Å². The molecule has 2 heterocycles. The summed E-state index contributed by atoms with van der Waals surface area (Å²) in [5.41, 5.74) is 3.45. The first kappa shape index (κ1) is 20.4. The number of benzene rings is 2. The molecule has 0 bridgehead atoms. The highest BCUT2D eigenvalue weighted by Crippen LogP contribution is 2.39. The molecule has 2 aromatic heterocycles. The van der Waals surface area contributed by atoms with E-state index in [2.05, 4.69) is 19.9 Å². The number of aryl methyl sites for hydroxylation is 1. The first-order chi connectivity index (χ1) is 14.8. The number of nitrogens with one attached hydrogen (secondary N) is 1. The van der Waals surface area contributed by atoms with Crippen LogP contribution in [0.25, 0.3) is 33.1 Å². The number of anilines is 1. The minimum absolute atomic E-state index is 0.317. The Bertz CT molecular complexity index is 1290. The maximum Gasteiger partial charge on any atom is 0.493 e. The summed E-state index contributed by atoms with van der Waals surface area (Å²) in [6, 6.07) is 11.5. The fourth-order valence-electron chi connectivity index (χ4n) is 3.19. The zero-order valence-corrected chi connectivity index (χ0v) is 16.4. The fourth-order valence-corrected chi connectivity index (χ4v) is 3.19. The summed E-state index contributed by atoms with van der Waals surface area (Å²) in [5, 5.41) is 6.99. The molecule has 0 fully saturated rings. The average molecular weight is 431 g/mol. The molecule has 8 nitrogen and oxygen atoms in total. The molecule has 0 amide bonds. The van der Waals surface area contributed by atoms with Crippen LogP contribution in [0.4, 0.5) is 19.1 Å². The van der Waals surface area contributed by atoms with E-state index in [0.29, 0.717) is 29.1 Å². The summed E-state index contributed by atoms with van der Waals surface area (Å²) in [6.07, 6.45) is -3.74. The van der Waals surface area contributed by atoms with Gasteiger partial charge >= 0.3 is 12.1 Å². The minimum Gasteiger partial charge on any atom is -0.493 e. The Morgan fingerprint density at radius 3 is 2.68 bits per heavy atom. The fraction of sp³-hybridized carbons (Fsp3) is 0.200. The standard InChI is InChI=1S/C20H16F3N5O3/c1-3-30-14-9-8-11-6-4-5-7-12(11)15(14)16-13-10-24-19(25-17(13)28(2)26-16)27-31-18(29)20(21,22)23/h4-10H,3H2,1-2H3,(H,24,25,27). The maximum absolute atomic E-state index is 12.3. The van der Waals surface area contributed by atoms with Gasteiger partial charge in [0.1, 0.15) is 11.4 Å². The molecule has 0 saturated carbocycles. The van der Waals surface area contributed by atoms with E-state index in [1.54, 1.807) is 7.05 Å². The van der Waals surface area contributed by atoms with Crippen molar-refractivity contribution in [3.05, 3.63) is 42.6 Å². The van der Waals surface area contributed by atoms with Crippen molar-refractivity contribution >= 4 is 33.7 Å². The van der Waals surface area contributed by atoms with Gasteiger partial charge in [0, 0.05) is 13.2 Å². The summed E-state index contributed by atoms with van der Waals surface area (Å²) in [6.45, 7) is 2.32. The van der Waals surface area contributed by atoms with Gasteiger partial charge in [-0.25, -0.2) is 14.5 Å². The Kier molecular flexibility index (Phi) is 5.09. The van der Waals surface area contributed by atoms with E-state index in [9.17, 15) is 18.0 Å². The summed E-state index contributed by atoms with van der Waals surface area (Å²) in [7, 11) is 1.63. The summed E-state index contributed by atoms with van der Waals surface area (Å²) >= 11 is 0. The number of carbonyl (C=O) groups excluding carboxylic acids is 1. The molecule has 0 saturated heterocycles. The number of halogens is 3. The summed E-state index contributed by atoms with van der Waals surface area (Å²) in [5.74, 6) is -2.09. The van der Waals surface area contributed by atoms with Gasteiger partial charge in [0.25, 0.3) is 5.95 Å². The summed E-state index contributed by atoms with van der Waals surface area (Å²) < 4.78 is 44.2. The van der Waals surface area contributed by atoms with Crippen LogP contribution >= 0.6 is 0 Å². The molecule has 11 heteroatoms. The maximum atomic E-state index is 12.3. The number of hydrogen-bond acceptors (Lipinski definition) is 7. The third-order valence-electron chi connectivity index (χ3n) is 4.47. The Hall–Kier alpha value is -3.89. The Labute approximate surface area is 173 Å². The van der Waals surface area contributed by atoms with Crippen molar-refractivity contribution in [3.8, 4) is 17.0 Å². The third kappa shape index (κ3) is 3.81. The van der Waals surface area contributed by atoms with Crippen molar-refractivity contribution in [2.45, 2.75) is 13.1 Å². The molecule has 4 aromatic rings. The molecule has 0 aliphatic heterocycles. The van der Waals surface area contributed by atoms with Crippen LogP contribution in [-0.2, 0) is 16.7 Å². The number of aromatic nitrogens is 4. The second kappa shape index (κ2) is 7.74. The largest absolute Gasteiger partial charge is 0.493 e. The second-order valence-electron chi connectivity index (χ2n) is 6.49. The quantitative estimate of drug-likeness (QED) is 0.478. The number of nitrogens with zero attached hydrogens (tertiary/aromatic N) is 4. The SMILES string of the molecule is CCOc1ccc2ccccc2c1-c1nn(C)c2nc(NOC(=O)C(F)(F)F)ncc12. The van der Waals surface area contributed by atoms with Gasteiger partial charge in [-0.05, 0) is 23.8 Å². The van der Waals surface area contributed by atoms with Crippen LogP contribution in [0.3, 0.4) is 0 Å². The van der Waals surface area contributed by atoms with Gasteiger partial charge < -0.3 is 9.57 Å². The van der Waals surface area contributed by atoms with Crippen LogP contribution in [0.2, 0.25) is 0 Å². The van der Waals surface area contributed by atoms with Gasteiger partial charge in [0.05, 0.1) is 17.6 Å². The molecular weight excluding hydrogens is 415 g/mol. The molecule has 160 valence electrons. The average Bonchev–Trinajstić information content (AvgIpc) is 3.07. The van der Waals surface area contributed by atoms with Crippen molar-refractivity contribution in [1.29, 1.82) is 0 Å². The van der Waals surface area contributed by atoms with E-state index in [1.165, 1.54) is 10.9 Å². The zero-order valence-electron chi connectivity index (χ0n) is 16.4. The molecular formula is C20H16F3N5O3. The van der Waals surface area contributed by atoms with Crippen molar-refractivity contribution in [2.75, 3.05) is 12.1 Å². The smallest absolute Gasteiger partial charge is 0.493 e. The summed E-state index contributed by atoms with van der Waals surface area (Å²) in [4.78, 5) is 23.0. The Morgan fingerprint density at radius 2 is 1.94 bits per heavy atom. The predicted octanol–water partition coefficient (Wildman–Crippen LogP) is 4.01. The number of rotatable bonds is 5. The molecule has 2 aromatic carbocycles. The number of hydrogen-bond donors (Lipinski definition) is 1. The van der Waals surface area contributed by atoms with Crippen molar-refractivity contribution < 1.29 is 27.5 Å². The van der Waals surface area contributed by atoms with Crippen LogP contribution in [0, 0.1) is 0 Å². The molecule has 0 atom stereocenters. The van der Waals surface area contributed by atoms with E-state index in [1.807, 2.05) is 48.8 Å². The molecule has 0 aliphatic carbocycles. The zero-order chi connectivity index (χ0) is 22.2. The van der Waals surface area contributed by atoms with E-state index in [4.69, 9.17) is 4.74 Å². The van der Waals surface area contributed by atoms with Crippen molar-refractivity contribution in [1.82, 2.24) is 19.7 Å². The lowest BCUT2D eigenvalue weighted by Crippen LogP contribution is -2.27. The monoisotopic (exact) mass is 431 g/mol. The molecule has 31 heavy (non-hydrogen) atoms. The lowest BCUT2D eigenvalue weighted by Gasteiger charge is -2.12. The molecule has 0 unspecified atom stereocenters. The number of carbonyl (C=O) groups is 1. The highest BCUT2D eigenvalue weighted by Gasteiger charge is 2.41. The minimum atomic E-state index is -5.14. The number of ether oxygens (including phenoxy) is 1.